The number of nitrogens with zero attached hydrogens (tertiary/aromatic N) is 4. The van der Waals surface area contributed by atoms with Gasteiger partial charge in [-0.3, -0.25) is 0 Å². The fourth-order valence-corrected chi connectivity index (χ4v) is 2.04. The van der Waals surface area contributed by atoms with Crippen LogP contribution in [0.4, 0.5) is 0 Å². The van der Waals surface area contributed by atoms with Crippen molar-refractivity contribution in [3.05, 3.63) is 35.7 Å². The lowest BCUT2D eigenvalue weighted by Gasteiger charge is -2.17. The third-order valence-corrected chi connectivity index (χ3v) is 3.57. The summed E-state index contributed by atoms with van der Waals surface area (Å²) in [6.45, 7) is 4.60. The van der Waals surface area contributed by atoms with Gasteiger partial charge in [0.1, 0.15) is 5.75 Å². The Labute approximate surface area is 118 Å². The van der Waals surface area contributed by atoms with E-state index in [9.17, 15) is 0 Å². The van der Waals surface area contributed by atoms with Gasteiger partial charge in [-0.1, -0.05) is 26.0 Å². The van der Waals surface area contributed by atoms with Crippen LogP contribution in [-0.2, 0) is 6.54 Å². The van der Waals surface area contributed by atoms with Crippen molar-refractivity contribution >= 4 is 0 Å². The first-order valence-electron chi connectivity index (χ1n) is 6.68. The van der Waals surface area contributed by atoms with E-state index in [0.29, 0.717) is 12.4 Å². The minimum atomic E-state index is 0.0121. The molecule has 1 aromatic heterocycles. The van der Waals surface area contributed by atoms with E-state index in [0.717, 1.165) is 5.75 Å². The molecule has 108 valence electrons. The van der Waals surface area contributed by atoms with Crippen LogP contribution in [0.15, 0.2) is 24.3 Å². The summed E-state index contributed by atoms with van der Waals surface area (Å²) in [5.41, 5.74) is 1.21. The van der Waals surface area contributed by atoms with Gasteiger partial charge in [0.15, 0.2) is 5.82 Å². The molecule has 0 radical (unpaired) electrons. The van der Waals surface area contributed by atoms with Crippen molar-refractivity contribution < 1.29 is 9.84 Å². The van der Waals surface area contributed by atoms with Gasteiger partial charge in [-0.15, -0.1) is 10.2 Å². The van der Waals surface area contributed by atoms with E-state index in [2.05, 4.69) is 41.4 Å². The molecule has 0 aliphatic heterocycles. The highest BCUT2D eigenvalue weighted by Gasteiger charge is 2.20. The predicted octanol–water partition coefficient (Wildman–Crippen LogP) is 1.58. The second kappa shape index (κ2) is 6.47. The van der Waals surface area contributed by atoms with Crippen molar-refractivity contribution in [2.45, 2.75) is 32.2 Å². The Morgan fingerprint density at radius 2 is 1.90 bits per heavy atom. The molecule has 0 fully saturated rings. The Morgan fingerprint density at radius 3 is 2.50 bits per heavy atom. The van der Waals surface area contributed by atoms with Gasteiger partial charge in [0.2, 0.25) is 0 Å². The smallest absolute Gasteiger partial charge is 0.178 e. The van der Waals surface area contributed by atoms with Crippen molar-refractivity contribution in [1.29, 1.82) is 0 Å². The van der Waals surface area contributed by atoms with E-state index in [1.165, 1.54) is 10.4 Å². The molecule has 2 atom stereocenters. The summed E-state index contributed by atoms with van der Waals surface area (Å²) < 4.78 is 5.16. The second-order valence-electron chi connectivity index (χ2n) is 4.82. The topological polar surface area (TPSA) is 73.1 Å². The van der Waals surface area contributed by atoms with Crippen LogP contribution in [0.2, 0.25) is 0 Å². The number of methoxy groups -OCH3 is 1. The average Bonchev–Trinajstić information content (AvgIpc) is 2.95. The van der Waals surface area contributed by atoms with Gasteiger partial charge < -0.3 is 9.84 Å². The number of aromatic nitrogens is 4. The second-order valence-corrected chi connectivity index (χ2v) is 4.82. The van der Waals surface area contributed by atoms with E-state index < -0.39 is 0 Å². The van der Waals surface area contributed by atoms with Crippen LogP contribution >= 0.6 is 0 Å². The Bertz CT molecular complexity index is 538. The molecule has 2 aromatic rings. The zero-order valence-electron chi connectivity index (χ0n) is 12.0. The fourth-order valence-electron chi connectivity index (χ4n) is 2.04. The average molecular weight is 276 g/mol. The SMILES string of the molecule is COc1ccc([C@H](C)[C@H](C)c2nnn(CCO)n2)cc1. The predicted molar refractivity (Wildman–Crippen MR) is 74.7 cm³/mol. The molecule has 2 rings (SSSR count). The zero-order valence-corrected chi connectivity index (χ0v) is 12.0. The number of tetrazole rings is 1. The first kappa shape index (κ1) is 14.5. The first-order chi connectivity index (χ1) is 9.65. The van der Waals surface area contributed by atoms with E-state index in [1.807, 2.05) is 12.1 Å². The van der Waals surface area contributed by atoms with Gasteiger partial charge in [0.25, 0.3) is 0 Å². The summed E-state index contributed by atoms with van der Waals surface area (Å²) >= 11 is 0. The molecule has 0 bridgehead atoms. The van der Waals surface area contributed by atoms with Crippen LogP contribution in [0.25, 0.3) is 0 Å². The molecule has 0 saturated heterocycles. The quantitative estimate of drug-likeness (QED) is 0.867. The van der Waals surface area contributed by atoms with Crippen molar-refractivity contribution in [2.24, 2.45) is 0 Å². The summed E-state index contributed by atoms with van der Waals surface area (Å²) in [6.07, 6.45) is 0. The highest BCUT2D eigenvalue weighted by Crippen LogP contribution is 2.30. The van der Waals surface area contributed by atoms with Crippen LogP contribution < -0.4 is 4.74 Å². The van der Waals surface area contributed by atoms with Crippen molar-refractivity contribution in [3.8, 4) is 5.75 Å². The van der Waals surface area contributed by atoms with Crippen molar-refractivity contribution in [2.75, 3.05) is 13.7 Å². The maximum atomic E-state index is 8.86. The molecule has 20 heavy (non-hydrogen) atoms. The van der Waals surface area contributed by atoms with Crippen molar-refractivity contribution in [3.63, 3.8) is 0 Å². The molecule has 0 aliphatic carbocycles. The number of hydrogen-bond acceptors (Lipinski definition) is 5. The number of rotatable bonds is 6. The van der Waals surface area contributed by atoms with E-state index in [-0.39, 0.29) is 18.4 Å². The van der Waals surface area contributed by atoms with Gasteiger partial charge >= 0.3 is 0 Å². The summed E-state index contributed by atoms with van der Waals surface area (Å²) in [4.78, 5) is 1.42. The van der Waals surface area contributed by atoms with Crippen LogP contribution in [0.3, 0.4) is 0 Å². The molecule has 1 heterocycles. The molecule has 0 spiro atoms. The molecule has 0 saturated carbocycles. The number of aliphatic hydroxyl groups is 1. The number of benzene rings is 1. The molecule has 6 nitrogen and oxygen atoms in total. The third kappa shape index (κ3) is 3.14. The number of ether oxygens (including phenoxy) is 1. The summed E-state index contributed by atoms with van der Waals surface area (Å²) in [7, 11) is 1.66. The Hall–Kier alpha value is -1.95. The Kier molecular flexibility index (Phi) is 4.68. The van der Waals surface area contributed by atoms with Crippen LogP contribution in [0.5, 0.6) is 5.75 Å². The van der Waals surface area contributed by atoms with Crippen molar-refractivity contribution in [1.82, 2.24) is 20.2 Å². The van der Waals surface area contributed by atoms with Gasteiger partial charge in [0, 0.05) is 5.92 Å². The summed E-state index contributed by atoms with van der Waals surface area (Å²) in [5, 5.41) is 21.1. The fraction of sp³-hybridized carbons (Fsp3) is 0.500. The number of aliphatic hydroxyl groups excluding tert-OH is 1. The lowest BCUT2D eigenvalue weighted by atomic mass is 9.88. The van der Waals surface area contributed by atoms with Crippen LogP contribution in [-0.4, -0.2) is 39.0 Å². The molecule has 6 heteroatoms. The molecule has 0 aliphatic rings. The molecule has 0 amide bonds. The van der Waals surface area contributed by atoms with Gasteiger partial charge in [0.05, 0.1) is 20.3 Å². The minimum Gasteiger partial charge on any atom is -0.497 e. The Balaban J connectivity index is 2.11. The maximum absolute atomic E-state index is 8.86. The lowest BCUT2D eigenvalue weighted by molar-refractivity contribution is 0.259. The summed E-state index contributed by atoms with van der Waals surface area (Å²) in [6, 6.07) is 8.01. The highest BCUT2D eigenvalue weighted by atomic mass is 16.5. The maximum Gasteiger partial charge on any atom is 0.178 e. The van der Waals surface area contributed by atoms with Gasteiger partial charge in [-0.2, -0.15) is 4.80 Å². The van der Waals surface area contributed by atoms with Crippen LogP contribution in [0.1, 0.15) is 37.1 Å². The van der Waals surface area contributed by atoms with E-state index in [1.54, 1.807) is 7.11 Å². The largest absolute Gasteiger partial charge is 0.497 e. The highest BCUT2D eigenvalue weighted by molar-refractivity contribution is 5.30. The minimum absolute atomic E-state index is 0.0121. The molecular formula is C14H20N4O2. The van der Waals surface area contributed by atoms with Gasteiger partial charge in [-0.05, 0) is 28.8 Å². The molecular weight excluding hydrogens is 256 g/mol. The first-order valence-corrected chi connectivity index (χ1v) is 6.68. The summed E-state index contributed by atoms with van der Waals surface area (Å²) in [5.74, 6) is 1.96. The molecule has 0 unspecified atom stereocenters. The molecule has 1 N–H and O–H groups in total. The normalized spacial score (nSPS) is 14.0. The third-order valence-electron chi connectivity index (χ3n) is 3.57. The zero-order chi connectivity index (χ0) is 14.5. The van der Waals surface area contributed by atoms with E-state index >= 15 is 0 Å². The standard InChI is InChI=1S/C14H20N4O2/c1-10(12-4-6-13(20-3)7-5-12)11(2)14-15-17-18(16-14)8-9-19/h4-7,10-11,19H,8-9H2,1-3H3/t10-,11+/m1/s1. The Morgan fingerprint density at radius 1 is 1.20 bits per heavy atom. The lowest BCUT2D eigenvalue weighted by Crippen LogP contribution is -2.09. The van der Waals surface area contributed by atoms with Crippen LogP contribution in [0, 0.1) is 0 Å². The van der Waals surface area contributed by atoms with Gasteiger partial charge in [-0.25, -0.2) is 0 Å². The monoisotopic (exact) mass is 276 g/mol. The molecule has 1 aromatic carbocycles. The number of hydrogen-bond donors (Lipinski definition) is 1. The van der Waals surface area contributed by atoms with E-state index in [4.69, 9.17) is 9.84 Å².